The Morgan fingerprint density at radius 1 is 1.60 bits per heavy atom. The molecule has 0 N–H and O–H groups in total. The lowest BCUT2D eigenvalue weighted by atomic mass is 9.98. The molecule has 80 valence electrons. The van der Waals surface area contributed by atoms with E-state index in [4.69, 9.17) is 4.74 Å². The maximum atomic E-state index is 11.8. The second-order valence-electron chi connectivity index (χ2n) is 3.69. The number of halogens is 1. The lowest BCUT2D eigenvalue weighted by Gasteiger charge is -2.13. The quantitative estimate of drug-likeness (QED) is 0.792. The minimum Gasteiger partial charge on any atom is -0.465 e. The van der Waals surface area contributed by atoms with Gasteiger partial charge < -0.3 is 4.74 Å². The number of hydrogen-bond acceptors (Lipinski definition) is 3. The Balaban J connectivity index is 2.26. The lowest BCUT2D eigenvalue weighted by Crippen LogP contribution is -2.23. The second kappa shape index (κ2) is 3.93. The molecule has 1 aromatic heterocycles. The Hall–Kier alpha value is -0.900. The number of hydrogen-bond donors (Lipinski definition) is 0. The van der Waals surface area contributed by atoms with Crippen molar-refractivity contribution in [1.82, 2.24) is 4.98 Å². The molecule has 1 aliphatic carbocycles. The summed E-state index contributed by atoms with van der Waals surface area (Å²) in [5, 5.41) is 0. The van der Waals surface area contributed by atoms with Crippen LogP contribution in [0.4, 0.5) is 0 Å². The molecule has 0 aromatic carbocycles. The minimum atomic E-state index is -0.410. The summed E-state index contributed by atoms with van der Waals surface area (Å²) in [6.07, 6.45) is 5.19. The number of pyridine rings is 1. The summed E-state index contributed by atoms with van der Waals surface area (Å²) < 4.78 is 5.98. The molecule has 2 rings (SSSR count). The summed E-state index contributed by atoms with van der Waals surface area (Å²) in [7, 11) is 0. The summed E-state index contributed by atoms with van der Waals surface area (Å²) in [4.78, 5) is 15.9. The molecule has 4 heteroatoms. The Bertz CT molecular complexity index is 388. The van der Waals surface area contributed by atoms with Gasteiger partial charge in [0.15, 0.2) is 0 Å². The van der Waals surface area contributed by atoms with Crippen LogP contribution in [0, 0.1) is 0 Å². The largest absolute Gasteiger partial charge is 0.465 e. The molecule has 1 heterocycles. The second-order valence-corrected chi connectivity index (χ2v) is 4.61. The number of aromatic nitrogens is 1. The Morgan fingerprint density at radius 3 is 2.87 bits per heavy atom. The van der Waals surface area contributed by atoms with Crippen LogP contribution in [0.3, 0.4) is 0 Å². The summed E-state index contributed by atoms with van der Waals surface area (Å²) in [5.41, 5.74) is 0.544. The van der Waals surface area contributed by atoms with Crippen LogP contribution in [-0.2, 0) is 14.9 Å². The van der Waals surface area contributed by atoms with Crippen LogP contribution in [0.15, 0.2) is 22.9 Å². The monoisotopic (exact) mass is 269 g/mol. The zero-order chi connectivity index (χ0) is 10.9. The van der Waals surface area contributed by atoms with Crippen molar-refractivity contribution in [3.8, 4) is 0 Å². The van der Waals surface area contributed by atoms with Gasteiger partial charge in [0.25, 0.3) is 0 Å². The molecule has 1 fully saturated rings. The van der Waals surface area contributed by atoms with E-state index in [2.05, 4.69) is 20.9 Å². The molecule has 0 bridgehead atoms. The first kappa shape index (κ1) is 10.6. The fourth-order valence-corrected chi connectivity index (χ4v) is 2.04. The predicted octanol–water partition coefficient (Wildman–Crippen LogP) is 2.44. The van der Waals surface area contributed by atoms with Gasteiger partial charge in [0, 0.05) is 16.9 Å². The van der Waals surface area contributed by atoms with Crippen molar-refractivity contribution >= 4 is 21.9 Å². The van der Waals surface area contributed by atoms with Crippen LogP contribution < -0.4 is 0 Å². The van der Waals surface area contributed by atoms with Crippen LogP contribution in [0.25, 0.3) is 0 Å². The van der Waals surface area contributed by atoms with E-state index >= 15 is 0 Å². The Morgan fingerprint density at radius 2 is 2.33 bits per heavy atom. The molecular formula is C11H12BrNO2. The minimum absolute atomic E-state index is 0.120. The molecule has 1 saturated carbocycles. The molecule has 0 unspecified atom stereocenters. The van der Waals surface area contributed by atoms with Crippen molar-refractivity contribution in [3.05, 3.63) is 28.5 Å². The number of carbonyl (C=O) groups is 1. The first-order valence-electron chi connectivity index (χ1n) is 4.97. The molecule has 1 aromatic rings. The van der Waals surface area contributed by atoms with E-state index in [0.29, 0.717) is 6.61 Å². The number of esters is 1. The van der Waals surface area contributed by atoms with Crippen molar-refractivity contribution in [2.24, 2.45) is 0 Å². The van der Waals surface area contributed by atoms with E-state index in [1.165, 1.54) is 0 Å². The number of nitrogens with zero attached hydrogens (tertiary/aromatic N) is 1. The zero-order valence-electron chi connectivity index (χ0n) is 8.50. The normalized spacial score (nSPS) is 17.2. The van der Waals surface area contributed by atoms with Gasteiger partial charge in [0.2, 0.25) is 0 Å². The predicted molar refractivity (Wildman–Crippen MR) is 59.5 cm³/mol. The van der Waals surface area contributed by atoms with E-state index < -0.39 is 5.41 Å². The fourth-order valence-electron chi connectivity index (χ4n) is 1.68. The van der Waals surface area contributed by atoms with Crippen molar-refractivity contribution < 1.29 is 9.53 Å². The number of carbonyl (C=O) groups excluding carboxylic acids is 1. The summed E-state index contributed by atoms with van der Waals surface area (Å²) in [6, 6.07) is 1.94. The van der Waals surface area contributed by atoms with Crippen molar-refractivity contribution in [2.75, 3.05) is 6.61 Å². The third-order valence-electron chi connectivity index (χ3n) is 2.67. The van der Waals surface area contributed by atoms with E-state index in [1.54, 1.807) is 12.4 Å². The van der Waals surface area contributed by atoms with Gasteiger partial charge in [-0.25, -0.2) is 0 Å². The fraction of sp³-hybridized carbons (Fsp3) is 0.455. The van der Waals surface area contributed by atoms with E-state index in [1.807, 2.05) is 13.0 Å². The highest BCUT2D eigenvalue weighted by atomic mass is 79.9. The van der Waals surface area contributed by atoms with E-state index in [-0.39, 0.29) is 5.97 Å². The molecule has 0 radical (unpaired) electrons. The third-order valence-corrected chi connectivity index (χ3v) is 3.11. The first-order valence-corrected chi connectivity index (χ1v) is 5.76. The van der Waals surface area contributed by atoms with Crippen LogP contribution in [0.2, 0.25) is 0 Å². The Labute approximate surface area is 97.0 Å². The SMILES string of the molecule is CCOC(=O)C1(c2cncc(Br)c2)CC1. The zero-order valence-corrected chi connectivity index (χ0v) is 10.1. The molecule has 0 amide bonds. The van der Waals surface area contributed by atoms with Crippen molar-refractivity contribution in [1.29, 1.82) is 0 Å². The average Bonchev–Trinajstić information content (AvgIpc) is 2.99. The molecule has 0 atom stereocenters. The van der Waals surface area contributed by atoms with Gasteiger partial charge in [-0.1, -0.05) is 0 Å². The summed E-state index contributed by atoms with van der Waals surface area (Å²) in [6.45, 7) is 2.26. The third kappa shape index (κ3) is 1.91. The molecule has 0 saturated heterocycles. The molecule has 3 nitrogen and oxygen atoms in total. The van der Waals surface area contributed by atoms with Gasteiger partial charge in [-0.05, 0) is 47.3 Å². The number of ether oxygens (including phenoxy) is 1. The lowest BCUT2D eigenvalue weighted by molar-refractivity contribution is -0.146. The topological polar surface area (TPSA) is 39.2 Å². The maximum Gasteiger partial charge on any atom is 0.316 e. The van der Waals surface area contributed by atoms with Crippen LogP contribution in [-0.4, -0.2) is 17.6 Å². The van der Waals surface area contributed by atoms with Crippen LogP contribution >= 0.6 is 15.9 Å². The standard InChI is InChI=1S/C11H12BrNO2/c1-2-15-10(14)11(3-4-11)8-5-9(12)7-13-6-8/h5-7H,2-4H2,1H3. The van der Waals surface area contributed by atoms with E-state index in [9.17, 15) is 4.79 Å². The van der Waals surface area contributed by atoms with Crippen molar-refractivity contribution in [2.45, 2.75) is 25.2 Å². The summed E-state index contributed by atoms with van der Waals surface area (Å²) in [5.74, 6) is -0.120. The highest BCUT2D eigenvalue weighted by Crippen LogP contribution is 2.49. The van der Waals surface area contributed by atoms with Gasteiger partial charge in [-0.15, -0.1) is 0 Å². The number of rotatable bonds is 3. The van der Waals surface area contributed by atoms with Crippen molar-refractivity contribution in [3.63, 3.8) is 0 Å². The highest BCUT2D eigenvalue weighted by molar-refractivity contribution is 9.10. The van der Waals surface area contributed by atoms with Crippen LogP contribution in [0.1, 0.15) is 25.3 Å². The van der Waals surface area contributed by atoms with Gasteiger partial charge >= 0.3 is 5.97 Å². The highest BCUT2D eigenvalue weighted by Gasteiger charge is 2.53. The molecule has 0 spiro atoms. The first-order chi connectivity index (χ1) is 7.19. The summed E-state index contributed by atoms with van der Waals surface area (Å²) >= 11 is 3.36. The molecule has 0 aliphatic heterocycles. The van der Waals surface area contributed by atoms with Crippen LogP contribution in [0.5, 0.6) is 0 Å². The maximum absolute atomic E-state index is 11.8. The average molecular weight is 270 g/mol. The molecule has 1 aliphatic rings. The van der Waals surface area contributed by atoms with Gasteiger partial charge in [0.05, 0.1) is 12.0 Å². The van der Waals surface area contributed by atoms with Gasteiger partial charge in [-0.2, -0.15) is 0 Å². The molecule has 15 heavy (non-hydrogen) atoms. The molecular weight excluding hydrogens is 258 g/mol. The van der Waals surface area contributed by atoms with Gasteiger partial charge in [0.1, 0.15) is 0 Å². The smallest absolute Gasteiger partial charge is 0.316 e. The van der Waals surface area contributed by atoms with E-state index in [0.717, 1.165) is 22.9 Å². The van der Waals surface area contributed by atoms with Gasteiger partial charge in [-0.3, -0.25) is 9.78 Å². The Kier molecular flexibility index (Phi) is 2.78.